The Morgan fingerprint density at radius 3 is 2.96 bits per heavy atom. The van der Waals surface area contributed by atoms with Crippen molar-refractivity contribution in [3.05, 3.63) is 47.7 Å². The van der Waals surface area contributed by atoms with Crippen LogP contribution in [0.5, 0.6) is 5.75 Å². The smallest absolute Gasteiger partial charge is 0.291 e. The van der Waals surface area contributed by atoms with Gasteiger partial charge in [-0.3, -0.25) is 4.79 Å². The van der Waals surface area contributed by atoms with E-state index in [0.717, 1.165) is 19.4 Å². The van der Waals surface area contributed by atoms with Crippen LogP contribution in [0.25, 0.3) is 0 Å². The van der Waals surface area contributed by atoms with Crippen molar-refractivity contribution in [3.8, 4) is 5.75 Å². The maximum absolute atomic E-state index is 13.5. The Morgan fingerprint density at radius 1 is 1.39 bits per heavy atom. The number of halogens is 1. The number of nitrogens with one attached hydrogen (secondary N) is 1. The summed E-state index contributed by atoms with van der Waals surface area (Å²) in [5.74, 6) is 0.283. The highest BCUT2D eigenvalue weighted by molar-refractivity contribution is 6.03. The molecule has 1 amide bonds. The van der Waals surface area contributed by atoms with E-state index in [1.54, 1.807) is 19.1 Å². The third kappa shape index (κ3) is 3.90. The standard InChI is InChI=1S/C17H18FNO4/c1-11-4-6-16(23-11)17(20)19-14-9-12(18)5-7-15(14)22-10-13-3-2-8-21-13/h4-7,9,13H,2-3,8,10H2,1H3,(H,19,20)/t13-/m1/s1. The van der Waals surface area contributed by atoms with Crippen molar-refractivity contribution in [2.45, 2.75) is 25.9 Å². The highest BCUT2D eigenvalue weighted by Crippen LogP contribution is 2.27. The molecule has 2 aromatic rings. The van der Waals surface area contributed by atoms with Crippen molar-refractivity contribution in [1.82, 2.24) is 0 Å². The number of rotatable bonds is 5. The monoisotopic (exact) mass is 319 g/mol. The molecule has 0 unspecified atom stereocenters. The van der Waals surface area contributed by atoms with Crippen molar-refractivity contribution in [2.24, 2.45) is 0 Å². The summed E-state index contributed by atoms with van der Waals surface area (Å²) in [5.41, 5.74) is 0.266. The van der Waals surface area contributed by atoms with E-state index in [0.29, 0.717) is 18.1 Å². The summed E-state index contributed by atoms with van der Waals surface area (Å²) in [6.45, 7) is 2.85. The Bertz CT molecular complexity index is 692. The van der Waals surface area contributed by atoms with Crippen LogP contribution in [0.1, 0.15) is 29.2 Å². The second-order valence-corrected chi connectivity index (χ2v) is 5.45. The van der Waals surface area contributed by atoms with Gasteiger partial charge in [-0.05, 0) is 44.0 Å². The van der Waals surface area contributed by atoms with Crippen LogP contribution in [-0.4, -0.2) is 25.2 Å². The Morgan fingerprint density at radius 2 is 2.26 bits per heavy atom. The summed E-state index contributed by atoms with van der Waals surface area (Å²) < 4.78 is 29.9. The van der Waals surface area contributed by atoms with Gasteiger partial charge in [0.2, 0.25) is 0 Å². The number of amides is 1. The summed E-state index contributed by atoms with van der Waals surface area (Å²) >= 11 is 0. The molecule has 0 radical (unpaired) electrons. The van der Waals surface area contributed by atoms with Crippen molar-refractivity contribution >= 4 is 11.6 Å². The van der Waals surface area contributed by atoms with Gasteiger partial charge in [-0.25, -0.2) is 4.39 Å². The molecule has 0 aliphatic carbocycles. The minimum Gasteiger partial charge on any atom is -0.489 e. The van der Waals surface area contributed by atoms with Crippen LogP contribution in [0.4, 0.5) is 10.1 Å². The molecule has 5 nitrogen and oxygen atoms in total. The van der Waals surface area contributed by atoms with Crippen LogP contribution in [-0.2, 0) is 4.74 Å². The highest BCUT2D eigenvalue weighted by atomic mass is 19.1. The molecule has 122 valence electrons. The highest BCUT2D eigenvalue weighted by Gasteiger charge is 2.18. The minimum absolute atomic E-state index is 0.0383. The third-order valence-electron chi connectivity index (χ3n) is 3.60. The topological polar surface area (TPSA) is 60.7 Å². The first kappa shape index (κ1) is 15.6. The second-order valence-electron chi connectivity index (χ2n) is 5.45. The van der Waals surface area contributed by atoms with Crippen molar-refractivity contribution < 1.29 is 23.1 Å². The number of ether oxygens (including phenoxy) is 2. The van der Waals surface area contributed by atoms with Gasteiger partial charge >= 0.3 is 0 Å². The van der Waals surface area contributed by atoms with Crippen molar-refractivity contribution in [1.29, 1.82) is 0 Å². The van der Waals surface area contributed by atoms with Gasteiger partial charge in [-0.2, -0.15) is 0 Å². The van der Waals surface area contributed by atoms with E-state index >= 15 is 0 Å². The Balaban J connectivity index is 1.71. The first-order valence-electron chi connectivity index (χ1n) is 7.53. The lowest BCUT2D eigenvalue weighted by Crippen LogP contribution is -2.18. The fourth-order valence-corrected chi connectivity index (χ4v) is 2.42. The number of benzene rings is 1. The molecule has 1 N–H and O–H groups in total. The minimum atomic E-state index is -0.458. The molecule has 1 fully saturated rings. The normalized spacial score (nSPS) is 17.2. The average Bonchev–Trinajstić information content (AvgIpc) is 3.18. The summed E-state index contributed by atoms with van der Waals surface area (Å²) in [6, 6.07) is 7.26. The molecule has 1 saturated heterocycles. The van der Waals surface area contributed by atoms with E-state index in [1.807, 2.05) is 0 Å². The molecular weight excluding hydrogens is 301 g/mol. The molecule has 1 aliphatic heterocycles. The molecule has 1 aromatic carbocycles. The number of carbonyl (C=O) groups excluding carboxylic acids is 1. The first-order valence-corrected chi connectivity index (χ1v) is 7.53. The summed E-state index contributed by atoms with van der Waals surface area (Å²) in [7, 11) is 0. The van der Waals surface area contributed by atoms with E-state index in [9.17, 15) is 9.18 Å². The molecule has 1 atom stereocenters. The predicted molar refractivity (Wildman–Crippen MR) is 82.3 cm³/mol. The van der Waals surface area contributed by atoms with Gasteiger partial charge in [0.25, 0.3) is 5.91 Å². The third-order valence-corrected chi connectivity index (χ3v) is 3.60. The van der Waals surface area contributed by atoms with Gasteiger partial charge in [0.15, 0.2) is 5.76 Å². The van der Waals surface area contributed by atoms with Crippen LogP contribution >= 0.6 is 0 Å². The molecule has 0 saturated carbocycles. The quantitative estimate of drug-likeness (QED) is 0.916. The zero-order chi connectivity index (χ0) is 16.2. The van der Waals surface area contributed by atoms with Crippen LogP contribution in [0.15, 0.2) is 34.7 Å². The zero-order valence-corrected chi connectivity index (χ0v) is 12.8. The summed E-state index contributed by atoms with van der Waals surface area (Å²) in [4.78, 5) is 12.1. The van der Waals surface area contributed by atoms with E-state index in [-0.39, 0.29) is 17.6 Å². The number of aryl methyl sites for hydroxylation is 1. The Hall–Kier alpha value is -2.34. The van der Waals surface area contributed by atoms with Gasteiger partial charge in [0.05, 0.1) is 11.8 Å². The van der Waals surface area contributed by atoms with Gasteiger partial charge in [-0.15, -0.1) is 0 Å². The van der Waals surface area contributed by atoms with Crippen LogP contribution in [0, 0.1) is 12.7 Å². The maximum Gasteiger partial charge on any atom is 0.291 e. The van der Waals surface area contributed by atoms with E-state index in [4.69, 9.17) is 13.9 Å². The molecule has 23 heavy (non-hydrogen) atoms. The average molecular weight is 319 g/mol. The second kappa shape index (κ2) is 6.83. The summed E-state index contributed by atoms with van der Waals surface area (Å²) in [5, 5.41) is 2.62. The Labute approximate surface area is 133 Å². The number of anilines is 1. The lowest BCUT2D eigenvalue weighted by molar-refractivity contribution is 0.0681. The van der Waals surface area contributed by atoms with E-state index in [2.05, 4.69) is 5.32 Å². The fourth-order valence-electron chi connectivity index (χ4n) is 2.42. The van der Waals surface area contributed by atoms with Crippen LogP contribution in [0.2, 0.25) is 0 Å². The van der Waals surface area contributed by atoms with Gasteiger partial charge in [-0.1, -0.05) is 0 Å². The fraction of sp³-hybridized carbons (Fsp3) is 0.353. The summed E-state index contributed by atoms with van der Waals surface area (Å²) in [6.07, 6.45) is 1.99. The number of furan rings is 1. The molecule has 1 aromatic heterocycles. The largest absolute Gasteiger partial charge is 0.489 e. The molecule has 0 bridgehead atoms. The molecule has 1 aliphatic rings. The number of hydrogen-bond acceptors (Lipinski definition) is 4. The van der Waals surface area contributed by atoms with Crippen molar-refractivity contribution in [3.63, 3.8) is 0 Å². The van der Waals surface area contributed by atoms with E-state index < -0.39 is 11.7 Å². The lowest BCUT2D eigenvalue weighted by Gasteiger charge is -2.15. The SMILES string of the molecule is Cc1ccc(C(=O)Nc2cc(F)ccc2OC[C@H]2CCCO2)o1. The number of hydrogen-bond donors (Lipinski definition) is 1. The van der Waals surface area contributed by atoms with Crippen LogP contribution in [0.3, 0.4) is 0 Å². The maximum atomic E-state index is 13.5. The number of carbonyl (C=O) groups is 1. The molecule has 6 heteroatoms. The molecule has 3 rings (SSSR count). The molecular formula is C17H18FNO4. The van der Waals surface area contributed by atoms with Gasteiger partial charge in [0, 0.05) is 12.7 Å². The lowest BCUT2D eigenvalue weighted by atomic mass is 10.2. The van der Waals surface area contributed by atoms with Crippen LogP contribution < -0.4 is 10.1 Å². The first-order chi connectivity index (χ1) is 11.1. The van der Waals surface area contributed by atoms with E-state index in [1.165, 1.54) is 18.2 Å². The molecule has 0 spiro atoms. The molecule has 2 heterocycles. The Kier molecular flexibility index (Phi) is 4.62. The van der Waals surface area contributed by atoms with Gasteiger partial charge in [0.1, 0.15) is 23.9 Å². The predicted octanol–water partition coefficient (Wildman–Crippen LogP) is 3.54. The van der Waals surface area contributed by atoms with Crippen molar-refractivity contribution in [2.75, 3.05) is 18.5 Å². The zero-order valence-electron chi connectivity index (χ0n) is 12.8. The van der Waals surface area contributed by atoms with Gasteiger partial charge < -0.3 is 19.2 Å².